The van der Waals surface area contributed by atoms with Gasteiger partial charge in [0.25, 0.3) is 0 Å². The second kappa shape index (κ2) is 5.38. The molecule has 4 heteroatoms. The molecule has 0 aliphatic carbocycles. The third-order valence-corrected chi connectivity index (χ3v) is 3.25. The van der Waals surface area contributed by atoms with E-state index in [-0.39, 0.29) is 6.04 Å². The van der Waals surface area contributed by atoms with Crippen molar-refractivity contribution in [2.24, 2.45) is 5.73 Å². The Morgan fingerprint density at radius 3 is 2.53 bits per heavy atom. The first-order valence-corrected chi connectivity index (χ1v) is 6.02. The molecule has 0 radical (unpaired) electrons. The summed E-state index contributed by atoms with van der Waals surface area (Å²) in [7, 11) is 0. The first-order valence-electron chi connectivity index (χ1n) is 5.23. The second-order valence-electron chi connectivity index (χ2n) is 3.72. The number of pyridine rings is 1. The molecule has 1 aromatic carbocycles. The molecule has 2 nitrogen and oxygen atoms in total. The number of nitrogens with two attached hydrogens (primary N) is 1. The number of rotatable bonds is 3. The summed E-state index contributed by atoms with van der Waals surface area (Å²) in [5.41, 5.74) is 8.47. The van der Waals surface area contributed by atoms with Gasteiger partial charge in [-0.2, -0.15) is 0 Å². The van der Waals surface area contributed by atoms with Crippen LogP contribution < -0.4 is 5.73 Å². The van der Waals surface area contributed by atoms with Crippen LogP contribution in [0.25, 0.3) is 0 Å². The molecule has 1 atom stereocenters. The van der Waals surface area contributed by atoms with E-state index in [1.807, 2.05) is 24.3 Å². The highest BCUT2D eigenvalue weighted by Gasteiger charge is 2.13. The molecule has 2 N–H and O–H groups in total. The fourth-order valence-corrected chi connectivity index (χ4v) is 2.10. The van der Waals surface area contributed by atoms with E-state index in [1.165, 1.54) is 0 Å². The van der Waals surface area contributed by atoms with Crippen molar-refractivity contribution in [3.05, 3.63) is 63.9 Å². The van der Waals surface area contributed by atoms with Crippen LogP contribution in [-0.4, -0.2) is 4.98 Å². The minimum Gasteiger partial charge on any atom is -0.319 e. The number of hydrogen-bond donors (Lipinski definition) is 1. The summed E-state index contributed by atoms with van der Waals surface area (Å²) in [6.45, 7) is -0.456. The number of nitrogens with zero attached hydrogens (tertiary/aromatic N) is 1. The highest BCUT2D eigenvalue weighted by atomic mass is 79.9. The van der Waals surface area contributed by atoms with E-state index in [0.717, 1.165) is 15.7 Å². The molecule has 0 spiro atoms. The van der Waals surface area contributed by atoms with Crippen molar-refractivity contribution in [2.45, 2.75) is 12.7 Å². The summed E-state index contributed by atoms with van der Waals surface area (Å²) >= 11 is 3.42. The molecule has 0 bridgehead atoms. The van der Waals surface area contributed by atoms with Gasteiger partial charge in [-0.1, -0.05) is 24.3 Å². The van der Waals surface area contributed by atoms with Crippen LogP contribution in [0.4, 0.5) is 4.39 Å². The van der Waals surface area contributed by atoms with Crippen LogP contribution in [0.5, 0.6) is 0 Å². The van der Waals surface area contributed by atoms with E-state index < -0.39 is 6.67 Å². The predicted molar refractivity (Wildman–Crippen MR) is 69.2 cm³/mol. The van der Waals surface area contributed by atoms with Gasteiger partial charge >= 0.3 is 0 Å². The first-order chi connectivity index (χ1) is 8.22. The van der Waals surface area contributed by atoms with E-state index in [0.29, 0.717) is 5.56 Å². The molecule has 1 aromatic heterocycles. The van der Waals surface area contributed by atoms with Crippen molar-refractivity contribution < 1.29 is 4.39 Å². The van der Waals surface area contributed by atoms with Crippen LogP contribution in [0.3, 0.4) is 0 Å². The minimum atomic E-state index is -0.456. The van der Waals surface area contributed by atoms with Crippen molar-refractivity contribution in [3.63, 3.8) is 0 Å². The van der Waals surface area contributed by atoms with Gasteiger partial charge in [0.2, 0.25) is 0 Å². The zero-order valence-electron chi connectivity index (χ0n) is 9.11. The molecule has 0 saturated carbocycles. The molecule has 0 aliphatic rings. The molecule has 0 amide bonds. The highest BCUT2D eigenvalue weighted by Crippen LogP contribution is 2.24. The minimum absolute atomic E-state index is 0.306. The highest BCUT2D eigenvalue weighted by molar-refractivity contribution is 9.10. The van der Waals surface area contributed by atoms with E-state index in [4.69, 9.17) is 5.73 Å². The molecule has 0 aliphatic heterocycles. The van der Waals surface area contributed by atoms with Crippen LogP contribution in [0.15, 0.2) is 47.1 Å². The van der Waals surface area contributed by atoms with Gasteiger partial charge in [0.05, 0.1) is 11.7 Å². The molecule has 0 saturated heterocycles. The fourth-order valence-electron chi connectivity index (χ4n) is 1.60. The monoisotopic (exact) mass is 294 g/mol. The third kappa shape index (κ3) is 2.70. The topological polar surface area (TPSA) is 38.9 Å². The maximum absolute atomic E-state index is 12.4. The fraction of sp³-hybridized carbons (Fsp3) is 0.154. The van der Waals surface area contributed by atoms with Crippen molar-refractivity contribution in [3.8, 4) is 0 Å². The zero-order chi connectivity index (χ0) is 12.3. The van der Waals surface area contributed by atoms with Crippen LogP contribution in [0, 0.1) is 0 Å². The van der Waals surface area contributed by atoms with Crippen molar-refractivity contribution >= 4 is 15.9 Å². The second-order valence-corrected chi connectivity index (χ2v) is 4.58. The Morgan fingerprint density at radius 2 is 1.94 bits per heavy atom. The molecule has 2 rings (SSSR count). The maximum Gasteiger partial charge on any atom is 0.115 e. The van der Waals surface area contributed by atoms with Gasteiger partial charge in [-0.3, -0.25) is 4.98 Å². The summed E-state index contributed by atoms with van der Waals surface area (Å²) in [6.07, 6.45) is 1.70. The van der Waals surface area contributed by atoms with Gasteiger partial charge in [0.15, 0.2) is 0 Å². The van der Waals surface area contributed by atoms with Crippen LogP contribution in [0.1, 0.15) is 22.9 Å². The largest absolute Gasteiger partial charge is 0.319 e. The number of hydrogen-bond acceptors (Lipinski definition) is 2. The molecule has 1 heterocycles. The Morgan fingerprint density at radius 1 is 1.24 bits per heavy atom. The van der Waals surface area contributed by atoms with E-state index in [1.54, 1.807) is 18.3 Å². The van der Waals surface area contributed by atoms with Gasteiger partial charge in [-0.25, -0.2) is 4.39 Å². The molecular formula is C13H12BrFN2. The molecule has 17 heavy (non-hydrogen) atoms. The van der Waals surface area contributed by atoms with E-state index in [2.05, 4.69) is 20.9 Å². The van der Waals surface area contributed by atoms with Crippen molar-refractivity contribution in [1.82, 2.24) is 4.98 Å². The summed E-state index contributed by atoms with van der Waals surface area (Å²) in [5, 5.41) is 0. The summed E-state index contributed by atoms with van der Waals surface area (Å²) in [4.78, 5) is 4.25. The average molecular weight is 295 g/mol. The van der Waals surface area contributed by atoms with Crippen LogP contribution in [-0.2, 0) is 6.67 Å². The van der Waals surface area contributed by atoms with Gasteiger partial charge in [-0.05, 0) is 39.2 Å². The lowest BCUT2D eigenvalue weighted by molar-refractivity contribution is 0.485. The van der Waals surface area contributed by atoms with E-state index >= 15 is 0 Å². The van der Waals surface area contributed by atoms with Crippen LogP contribution >= 0.6 is 15.9 Å². The van der Waals surface area contributed by atoms with Gasteiger partial charge in [0, 0.05) is 10.7 Å². The Balaban J connectivity index is 2.30. The number of halogens is 2. The lowest BCUT2D eigenvalue weighted by Crippen LogP contribution is -2.14. The predicted octanol–water partition coefficient (Wildman–Crippen LogP) is 3.36. The standard InChI is InChI=1S/C13H12BrFN2/c14-11-2-1-7-17-13(11)12(16)10-5-3-9(8-15)4-6-10/h1-7,12H,8,16H2/t12-/m0/s1. The number of aromatic nitrogens is 1. The molecule has 2 aromatic rings. The molecule has 88 valence electrons. The lowest BCUT2D eigenvalue weighted by atomic mass is 10.0. The Bertz CT molecular complexity index is 499. The number of benzene rings is 1. The Labute approximate surface area is 108 Å². The molecule has 0 unspecified atom stereocenters. The summed E-state index contributed by atoms with van der Waals surface area (Å²) in [6, 6.07) is 10.6. The van der Waals surface area contributed by atoms with Gasteiger partial charge in [0.1, 0.15) is 6.67 Å². The Hall–Kier alpha value is -1.26. The smallest absolute Gasteiger partial charge is 0.115 e. The molecule has 0 fully saturated rings. The lowest BCUT2D eigenvalue weighted by Gasteiger charge is -2.13. The normalized spacial score (nSPS) is 12.4. The summed E-state index contributed by atoms with van der Waals surface area (Å²) in [5.74, 6) is 0. The third-order valence-electron chi connectivity index (χ3n) is 2.57. The quantitative estimate of drug-likeness (QED) is 0.943. The van der Waals surface area contributed by atoms with Crippen molar-refractivity contribution in [2.75, 3.05) is 0 Å². The maximum atomic E-state index is 12.4. The van der Waals surface area contributed by atoms with Gasteiger partial charge in [-0.15, -0.1) is 0 Å². The van der Waals surface area contributed by atoms with E-state index in [9.17, 15) is 4.39 Å². The summed E-state index contributed by atoms with van der Waals surface area (Å²) < 4.78 is 13.3. The Kier molecular flexibility index (Phi) is 3.86. The average Bonchev–Trinajstić information content (AvgIpc) is 2.39. The first kappa shape index (κ1) is 12.2. The zero-order valence-corrected chi connectivity index (χ0v) is 10.7. The van der Waals surface area contributed by atoms with Crippen molar-refractivity contribution in [1.29, 1.82) is 0 Å². The van der Waals surface area contributed by atoms with Gasteiger partial charge < -0.3 is 5.73 Å². The van der Waals surface area contributed by atoms with Crippen LogP contribution in [0.2, 0.25) is 0 Å². The number of alkyl halides is 1. The SMILES string of the molecule is N[C@@H](c1ccc(CF)cc1)c1ncccc1Br. The molecular weight excluding hydrogens is 283 g/mol.